The third kappa shape index (κ3) is 3.65. The van der Waals surface area contributed by atoms with Gasteiger partial charge in [-0.3, -0.25) is 9.69 Å². The van der Waals surface area contributed by atoms with Crippen molar-refractivity contribution < 1.29 is 24.2 Å². The zero-order chi connectivity index (χ0) is 19.6. The fraction of sp³-hybridized carbons (Fsp3) is 0.238. The first-order valence-electron chi connectivity index (χ1n) is 8.65. The van der Waals surface area contributed by atoms with E-state index in [0.717, 1.165) is 11.1 Å². The van der Waals surface area contributed by atoms with Crippen molar-refractivity contribution in [2.45, 2.75) is 26.3 Å². The maximum atomic E-state index is 13.1. The lowest BCUT2D eigenvalue weighted by Gasteiger charge is -2.34. The van der Waals surface area contributed by atoms with Crippen molar-refractivity contribution in [1.82, 2.24) is 0 Å². The maximum absolute atomic E-state index is 13.1. The Kier molecular flexibility index (Phi) is 5.16. The molecule has 6 nitrogen and oxygen atoms in total. The monoisotopic (exact) mass is 367 g/mol. The van der Waals surface area contributed by atoms with Crippen LogP contribution < -0.4 is 14.4 Å². The van der Waals surface area contributed by atoms with Crippen molar-refractivity contribution in [1.29, 1.82) is 0 Å². The molecule has 1 aliphatic heterocycles. The summed E-state index contributed by atoms with van der Waals surface area (Å²) < 4.78 is 11.0. The number of benzene rings is 2. The Morgan fingerprint density at radius 3 is 2.74 bits per heavy atom. The Morgan fingerprint density at radius 2 is 2.07 bits per heavy atom. The molecule has 2 aromatic rings. The summed E-state index contributed by atoms with van der Waals surface area (Å²) in [4.78, 5) is 26.2. The first-order chi connectivity index (χ1) is 12.9. The van der Waals surface area contributed by atoms with Gasteiger partial charge in [-0.05, 0) is 54.8 Å². The number of aryl methyl sites for hydroxylation is 1. The van der Waals surface area contributed by atoms with Crippen LogP contribution in [0.4, 0.5) is 5.69 Å². The largest absolute Gasteiger partial charge is 0.497 e. The highest BCUT2D eigenvalue weighted by molar-refractivity contribution is 6.12. The van der Waals surface area contributed by atoms with Crippen molar-refractivity contribution in [3.05, 3.63) is 59.4 Å². The lowest BCUT2D eigenvalue weighted by atomic mass is 10.1. The standard InChI is InChI=1S/C21H21NO5/c1-4-16(21(24)25)22-17-10-13(2)8-9-18(17)27-19(20(22)23)12-14-6-5-7-15(11-14)26-3/h5-12,16H,4H2,1-3H3,(H,24,25)/b19-12+. The molecular formula is C21H21NO5. The molecule has 0 bridgehead atoms. The van der Waals surface area contributed by atoms with Crippen molar-refractivity contribution in [3.8, 4) is 11.5 Å². The van der Waals surface area contributed by atoms with E-state index in [1.807, 2.05) is 19.1 Å². The summed E-state index contributed by atoms with van der Waals surface area (Å²) >= 11 is 0. The lowest BCUT2D eigenvalue weighted by Crippen LogP contribution is -2.48. The van der Waals surface area contributed by atoms with Gasteiger partial charge in [0.25, 0.3) is 5.91 Å². The van der Waals surface area contributed by atoms with Gasteiger partial charge in [-0.15, -0.1) is 0 Å². The molecule has 1 N–H and O–H groups in total. The smallest absolute Gasteiger partial charge is 0.326 e. The summed E-state index contributed by atoms with van der Waals surface area (Å²) in [6.07, 6.45) is 1.87. The predicted molar refractivity (Wildman–Crippen MR) is 102 cm³/mol. The zero-order valence-electron chi connectivity index (χ0n) is 15.4. The van der Waals surface area contributed by atoms with Crippen molar-refractivity contribution >= 4 is 23.6 Å². The molecule has 1 unspecified atom stereocenters. The number of methoxy groups -OCH3 is 1. The third-order valence-electron chi connectivity index (χ3n) is 4.40. The second-order valence-electron chi connectivity index (χ2n) is 6.30. The van der Waals surface area contributed by atoms with Gasteiger partial charge in [0, 0.05) is 0 Å². The molecule has 0 saturated heterocycles. The molecule has 0 aliphatic carbocycles. The quantitative estimate of drug-likeness (QED) is 0.817. The average molecular weight is 367 g/mol. The van der Waals surface area contributed by atoms with Gasteiger partial charge in [0.15, 0.2) is 11.5 Å². The Morgan fingerprint density at radius 1 is 1.30 bits per heavy atom. The number of ether oxygens (including phenoxy) is 2. The highest BCUT2D eigenvalue weighted by Gasteiger charge is 2.37. The van der Waals surface area contributed by atoms with Crippen LogP contribution >= 0.6 is 0 Å². The molecule has 0 spiro atoms. The van der Waals surface area contributed by atoms with Crippen LogP contribution in [0.1, 0.15) is 24.5 Å². The van der Waals surface area contributed by atoms with Crippen LogP contribution in [-0.4, -0.2) is 30.1 Å². The van der Waals surface area contributed by atoms with Crippen molar-refractivity contribution in [2.75, 3.05) is 12.0 Å². The number of fused-ring (bicyclic) bond motifs is 1. The van der Waals surface area contributed by atoms with Crippen LogP contribution in [0.25, 0.3) is 6.08 Å². The average Bonchev–Trinajstić information content (AvgIpc) is 2.65. The van der Waals surface area contributed by atoms with E-state index in [0.29, 0.717) is 17.2 Å². The molecule has 1 aliphatic rings. The number of carbonyl (C=O) groups is 2. The number of amides is 1. The van der Waals surface area contributed by atoms with Gasteiger partial charge >= 0.3 is 5.97 Å². The van der Waals surface area contributed by atoms with E-state index in [4.69, 9.17) is 9.47 Å². The summed E-state index contributed by atoms with van der Waals surface area (Å²) in [5.74, 6) is -0.364. The number of carboxylic acid groups (broad SMARTS) is 1. The van der Waals surface area contributed by atoms with E-state index in [1.165, 1.54) is 4.90 Å². The third-order valence-corrected chi connectivity index (χ3v) is 4.40. The summed E-state index contributed by atoms with van der Waals surface area (Å²) in [5, 5.41) is 9.61. The molecule has 140 valence electrons. The summed E-state index contributed by atoms with van der Waals surface area (Å²) in [6.45, 7) is 3.62. The Labute approximate surface area is 157 Å². The molecule has 0 radical (unpaired) electrons. The molecule has 6 heteroatoms. The van der Waals surface area contributed by atoms with Gasteiger partial charge in [-0.2, -0.15) is 0 Å². The second-order valence-corrected chi connectivity index (χ2v) is 6.30. The van der Waals surface area contributed by atoms with E-state index >= 15 is 0 Å². The molecule has 1 heterocycles. The van der Waals surface area contributed by atoms with Gasteiger partial charge in [-0.1, -0.05) is 25.1 Å². The molecular weight excluding hydrogens is 346 g/mol. The summed E-state index contributed by atoms with van der Waals surface area (Å²) in [6, 6.07) is 11.6. The fourth-order valence-corrected chi connectivity index (χ4v) is 3.04. The fourth-order valence-electron chi connectivity index (χ4n) is 3.04. The van der Waals surface area contributed by atoms with E-state index in [2.05, 4.69) is 0 Å². The van der Waals surface area contributed by atoms with Gasteiger partial charge in [0.2, 0.25) is 0 Å². The van der Waals surface area contributed by atoms with Crippen LogP contribution in [0, 0.1) is 6.92 Å². The SMILES string of the molecule is CCC(C(=O)O)N1C(=O)/C(=C\c2cccc(OC)c2)Oc2ccc(C)cc21. The Balaban J connectivity index is 2.10. The van der Waals surface area contributed by atoms with E-state index in [9.17, 15) is 14.7 Å². The Bertz CT molecular complexity index is 919. The van der Waals surface area contributed by atoms with Gasteiger partial charge < -0.3 is 14.6 Å². The van der Waals surface area contributed by atoms with Crippen LogP contribution in [0.3, 0.4) is 0 Å². The highest BCUT2D eigenvalue weighted by atomic mass is 16.5. The number of hydrogen-bond acceptors (Lipinski definition) is 4. The number of carbonyl (C=O) groups excluding carboxylic acids is 1. The molecule has 1 atom stereocenters. The molecule has 0 saturated carbocycles. The van der Waals surface area contributed by atoms with Gasteiger partial charge in [0.05, 0.1) is 12.8 Å². The van der Waals surface area contributed by atoms with E-state index in [1.54, 1.807) is 50.4 Å². The normalized spacial score (nSPS) is 15.9. The highest BCUT2D eigenvalue weighted by Crippen LogP contribution is 2.38. The van der Waals surface area contributed by atoms with Crippen molar-refractivity contribution in [3.63, 3.8) is 0 Å². The van der Waals surface area contributed by atoms with Gasteiger partial charge in [0.1, 0.15) is 11.8 Å². The van der Waals surface area contributed by atoms with E-state index in [-0.39, 0.29) is 12.2 Å². The van der Waals surface area contributed by atoms with Gasteiger partial charge in [-0.25, -0.2) is 4.79 Å². The predicted octanol–water partition coefficient (Wildman–Crippen LogP) is 3.63. The number of nitrogens with zero attached hydrogens (tertiary/aromatic N) is 1. The number of anilines is 1. The minimum Gasteiger partial charge on any atom is -0.497 e. The number of hydrogen-bond donors (Lipinski definition) is 1. The summed E-state index contributed by atoms with van der Waals surface area (Å²) in [5.41, 5.74) is 2.10. The Hall–Kier alpha value is -3.28. The first kappa shape index (κ1) is 18.5. The molecule has 3 rings (SSSR count). The number of aliphatic carboxylic acids is 1. The maximum Gasteiger partial charge on any atom is 0.326 e. The van der Waals surface area contributed by atoms with Crippen LogP contribution in [-0.2, 0) is 9.59 Å². The van der Waals surface area contributed by atoms with Crippen LogP contribution in [0.15, 0.2) is 48.2 Å². The number of rotatable bonds is 5. The molecule has 0 aromatic heterocycles. The van der Waals surface area contributed by atoms with Crippen LogP contribution in [0.2, 0.25) is 0 Å². The molecule has 0 fully saturated rings. The molecule has 2 aromatic carbocycles. The zero-order valence-corrected chi connectivity index (χ0v) is 15.4. The van der Waals surface area contributed by atoms with Crippen molar-refractivity contribution in [2.24, 2.45) is 0 Å². The summed E-state index contributed by atoms with van der Waals surface area (Å²) in [7, 11) is 1.56. The molecule has 27 heavy (non-hydrogen) atoms. The van der Waals surface area contributed by atoms with E-state index < -0.39 is 17.9 Å². The minimum absolute atomic E-state index is 0.0688. The lowest BCUT2D eigenvalue weighted by molar-refractivity contribution is -0.140. The topological polar surface area (TPSA) is 76.1 Å². The number of carboxylic acids is 1. The molecule has 1 amide bonds. The minimum atomic E-state index is -1.05. The first-order valence-corrected chi connectivity index (χ1v) is 8.65. The second kappa shape index (κ2) is 7.53. The van der Waals surface area contributed by atoms with Crippen LogP contribution in [0.5, 0.6) is 11.5 Å².